The molecule has 2 saturated heterocycles. The van der Waals surface area contributed by atoms with Crippen LogP contribution < -0.4 is 5.32 Å². The maximum Gasteiger partial charge on any atom is 0.220 e. The summed E-state index contributed by atoms with van der Waals surface area (Å²) in [5, 5.41) is 85.4. The van der Waals surface area contributed by atoms with Gasteiger partial charge in [0, 0.05) is 6.42 Å². The van der Waals surface area contributed by atoms with Gasteiger partial charge < -0.3 is 65.1 Å². The number of carbonyl (C=O) groups is 1. The molecule has 2 rings (SSSR count). The Morgan fingerprint density at radius 2 is 1.24 bits per heavy atom. The zero-order chi connectivity index (χ0) is 34.1. The van der Waals surface area contributed by atoms with E-state index >= 15 is 0 Å². The fraction of sp³-hybridized carbons (Fsp3) is 0.969. The van der Waals surface area contributed by atoms with Crippen molar-refractivity contribution in [2.45, 2.75) is 177 Å². The predicted molar refractivity (Wildman–Crippen MR) is 166 cm³/mol. The first kappa shape index (κ1) is 41.2. The molecule has 9 N–H and O–H groups in total. The van der Waals surface area contributed by atoms with E-state index in [0.717, 1.165) is 44.9 Å². The molecule has 0 spiro atoms. The van der Waals surface area contributed by atoms with Crippen molar-refractivity contribution in [1.29, 1.82) is 0 Å². The van der Waals surface area contributed by atoms with E-state index in [1.807, 2.05) is 0 Å². The molecular weight excluding hydrogens is 606 g/mol. The van der Waals surface area contributed by atoms with Gasteiger partial charge in [-0.15, -0.1) is 0 Å². The Labute approximate surface area is 273 Å². The lowest BCUT2D eigenvalue weighted by Crippen LogP contribution is -2.65. The number of nitrogens with one attached hydrogen (secondary N) is 1. The van der Waals surface area contributed by atoms with Gasteiger partial charge in [-0.05, 0) is 12.8 Å². The van der Waals surface area contributed by atoms with Gasteiger partial charge in [-0.1, -0.05) is 84.5 Å². The van der Waals surface area contributed by atoms with Gasteiger partial charge in [0.2, 0.25) is 5.91 Å². The number of aliphatic hydroxyl groups is 8. The highest BCUT2D eigenvalue weighted by Crippen LogP contribution is 2.29. The minimum absolute atomic E-state index is 0.231. The van der Waals surface area contributed by atoms with Crippen molar-refractivity contribution in [3.8, 4) is 0 Å². The second-order valence-electron chi connectivity index (χ2n) is 12.7. The van der Waals surface area contributed by atoms with Gasteiger partial charge in [0.15, 0.2) is 12.6 Å². The summed E-state index contributed by atoms with van der Waals surface area (Å²) in [4.78, 5) is 12.7. The second-order valence-corrected chi connectivity index (χ2v) is 12.7. The maximum absolute atomic E-state index is 12.7. The van der Waals surface area contributed by atoms with Crippen LogP contribution in [0.3, 0.4) is 0 Å². The van der Waals surface area contributed by atoms with Crippen molar-refractivity contribution < 1.29 is 64.6 Å². The number of amides is 1. The third-order valence-electron chi connectivity index (χ3n) is 8.82. The van der Waals surface area contributed by atoms with Crippen LogP contribution in [0.4, 0.5) is 0 Å². The first-order valence-electron chi connectivity index (χ1n) is 17.3. The molecule has 272 valence electrons. The first-order chi connectivity index (χ1) is 22.1. The van der Waals surface area contributed by atoms with Gasteiger partial charge in [-0.2, -0.15) is 0 Å². The molecule has 46 heavy (non-hydrogen) atoms. The molecule has 14 nitrogen and oxygen atoms in total. The number of rotatable bonds is 23. The topological polar surface area (TPSA) is 228 Å². The van der Waals surface area contributed by atoms with E-state index in [0.29, 0.717) is 19.3 Å². The van der Waals surface area contributed by atoms with Crippen LogP contribution in [0.2, 0.25) is 0 Å². The summed E-state index contributed by atoms with van der Waals surface area (Å²) < 4.78 is 22.4. The highest BCUT2D eigenvalue weighted by molar-refractivity contribution is 5.76. The Morgan fingerprint density at radius 3 is 1.85 bits per heavy atom. The van der Waals surface area contributed by atoms with Crippen molar-refractivity contribution in [2.24, 2.45) is 0 Å². The standard InChI is InChI=1S/C32H61NO13/c1-3-5-7-9-10-11-12-13-15-21(36)20(33-24(37)16-14-8-6-4-2)19-43-31-29(42)27(40)30(23(18-35)45-31)46-32-28(41)26(39)25(38)22(17-34)44-32/h20-23,25-32,34-36,38-42H,3-19H2,1-2H3,(H,33,37). The molecule has 2 aliphatic heterocycles. The van der Waals surface area contributed by atoms with E-state index < -0.39 is 86.8 Å². The second kappa shape index (κ2) is 22.6. The van der Waals surface area contributed by atoms with Crippen LogP contribution in [0.1, 0.15) is 104 Å². The summed E-state index contributed by atoms with van der Waals surface area (Å²) in [5.74, 6) is -0.231. The zero-order valence-electron chi connectivity index (χ0n) is 27.6. The Bertz CT molecular complexity index is 806. The van der Waals surface area contributed by atoms with Gasteiger partial charge in [0.05, 0.1) is 32.0 Å². The third kappa shape index (κ3) is 13.1. The smallest absolute Gasteiger partial charge is 0.220 e. The summed E-state index contributed by atoms with van der Waals surface area (Å²) in [5.41, 5.74) is 0. The summed E-state index contributed by atoms with van der Waals surface area (Å²) in [7, 11) is 0. The molecule has 0 radical (unpaired) electrons. The SMILES string of the molecule is CCCCCCCCCCC(O)C(COC1OC(CO)C(OC2OC(CO)C(O)C(O)C2O)C(O)C1O)NC(=O)CCCCCC. The Morgan fingerprint density at radius 1 is 0.696 bits per heavy atom. The molecule has 12 atom stereocenters. The molecule has 1 amide bonds. The molecule has 0 aromatic rings. The van der Waals surface area contributed by atoms with Crippen LogP contribution in [0.25, 0.3) is 0 Å². The summed E-state index contributed by atoms with van der Waals surface area (Å²) in [6, 6.07) is -0.813. The van der Waals surface area contributed by atoms with Crippen molar-refractivity contribution in [1.82, 2.24) is 5.32 Å². The van der Waals surface area contributed by atoms with Crippen LogP contribution in [0, 0.1) is 0 Å². The third-order valence-corrected chi connectivity index (χ3v) is 8.82. The van der Waals surface area contributed by atoms with Crippen molar-refractivity contribution >= 4 is 5.91 Å². The van der Waals surface area contributed by atoms with E-state index in [4.69, 9.17) is 18.9 Å². The number of hydrogen-bond donors (Lipinski definition) is 9. The van der Waals surface area contributed by atoms with E-state index in [-0.39, 0.29) is 12.5 Å². The van der Waals surface area contributed by atoms with Crippen LogP contribution >= 0.6 is 0 Å². The normalized spacial score (nSPS) is 33.1. The molecule has 2 aliphatic rings. The number of hydrogen-bond acceptors (Lipinski definition) is 13. The van der Waals surface area contributed by atoms with E-state index in [2.05, 4.69) is 19.2 Å². The fourth-order valence-electron chi connectivity index (χ4n) is 5.82. The van der Waals surface area contributed by atoms with E-state index in [1.165, 1.54) is 25.7 Å². The summed E-state index contributed by atoms with van der Waals surface area (Å²) in [6.07, 6.45) is -3.44. The van der Waals surface area contributed by atoms with Gasteiger partial charge >= 0.3 is 0 Å². The minimum Gasteiger partial charge on any atom is -0.394 e. The fourth-order valence-corrected chi connectivity index (χ4v) is 5.82. The zero-order valence-corrected chi connectivity index (χ0v) is 27.6. The van der Waals surface area contributed by atoms with Crippen LogP contribution in [-0.2, 0) is 23.7 Å². The lowest BCUT2D eigenvalue weighted by atomic mass is 9.97. The monoisotopic (exact) mass is 667 g/mol. The average Bonchev–Trinajstić information content (AvgIpc) is 3.05. The minimum atomic E-state index is -1.77. The highest BCUT2D eigenvalue weighted by atomic mass is 16.7. The number of aliphatic hydroxyl groups excluding tert-OH is 8. The van der Waals surface area contributed by atoms with Crippen LogP contribution in [-0.4, -0.2) is 140 Å². The predicted octanol–water partition coefficient (Wildman–Crippen LogP) is -0.0260. The maximum atomic E-state index is 12.7. The molecule has 0 saturated carbocycles. The highest BCUT2D eigenvalue weighted by Gasteiger charge is 2.50. The molecule has 0 aromatic carbocycles. The van der Waals surface area contributed by atoms with Crippen LogP contribution in [0.5, 0.6) is 0 Å². The van der Waals surface area contributed by atoms with Gasteiger partial charge in [-0.3, -0.25) is 4.79 Å². The lowest BCUT2D eigenvalue weighted by Gasteiger charge is -2.46. The first-order valence-corrected chi connectivity index (χ1v) is 17.3. The molecule has 0 aromatic heterocycles. The van der Waals surface area contributed by atoms with Gasteiger partial charge in [0.1, 0.15) is 48.8 Å². The summed E-state index contributed by atoms with van der Waals surface area (Å²) in [6.45, 7) is 2.61. The quantitative estimate of drug-likeness (QED) is 0.0654. The van der Waals surface area contributed by atoms with E-state index in [1.54, 1.807) is 0 Å². The summed E-state index contributed by atoms with van der Waals surface area (Å²) >= 11 is 0. The average molecular weight is 668 g/mol. The number of ether oxygens (including phenoxy) is 4. The molecule has 14 heteroatoms. The Balaban J connectivity index is 1.99. The molecule has 0 bridgehead atoms. The number of unbranched alkanes of at least 4 members (excludes halogenated alkanes) is 10. The molecule has 0 aliphatic carbocycles. The van der Waals surface area contributed by atoms with E-state index in [9.17, 15) is 45.6 Å². The number of carbonyl (C=O) groups excluding carboxylic acids is 1. The van der Waals surface area contributed by atoms with Crippen molar-refractivity contribution in [3.63, 3.8) is 0 Å². The van der Waals surface area contributed by atoms with Gasteiger partial charge in [0.25, 0.3) is 0 Å². The molecular formula is C32H61NO13. The lowest BCUT2D eigenvalue weighted by molar-refractivity contribution is -0.359. The Hall–Kier alpha value is -1.01. The molecule has 2 heterocycles. The van der Waals surface area contributed by atoms with Gasteiger partial charge in [-0.25, -0.2) is 0 Å². The largest absolute Gasteiger partial charge is 0.394 e. The van der Waals surface area contributed by atoms with Crippen molar-refractivity contribution in [2.75, 3.05) is 19.8 Å². The van der Waals surface area contributed by atoms with Crippen LogP contribution in [0.15, 0.2) is 0 Å². The Kier molecular flexibility index (Phi) is 20.2. The molecule has 12 unspecified atom stereocenters. The molecule has 2 fully saturated rings. The van der Waals surface area contributed by atoms with Crippen molar-refractivity contribution in [3.05, 3.63) is 0 Å².